The van der Waals surface area contributed by atoms with Crippen molar-refractivity contribution >= 4 is 6.03 Å². The molecule has 0 saturated heterocycles. The molecule has 23 heavy (non-hydrogen) atoms. The van der Waals surface area contributed by atoms with Gasteiger partial charge in [-0.15, -0.1) is 0 Å². The minimum absolute atomic E-state index is 0.0118. The third kappa shape index (κ3) is 9.11. The fraction of sp³-hybridized carbons (Fsp3) is 0.632. The number of benzene rings is 1. The second kappa shape index (κ2) is 12.8. The van der Waals surface area contributed by atoms with E-state index in [9.17, 15) is 4.79 Å². The normalized spacial score (nSPS) is 10.3. The Bertz CT molecular complexity index is 409. The number of nitrogens with one attached hydrogen (secondary N) is 1. The summed E-state index contributed by atoms with van der Waals surface area (Å²) in [6, 6.07) is 9.75. The van der Waals surface area contributed by atoms with Crippen LogP contribution in [0.15, 0.2) is 30.3 Å². The van der Waals surface area contributed by atoms with Gasteiger partial charge in [0.15, 0.2) is 0 Å². The van der Waals surface area contributed by atoms with Gasteiger partial charge in [0.05, 0.1) is 6.54 Å². The van der Waals surface area contributed by atoms with Crippen molar-refractivity contribution in [2.24, 2.45) is 0 Å². The average Bonchev–Trinajstić information content (AvgIpc) is 2.57. The molecule has 0 bridgehead atoms. The van der Waals surface area contributed by atoms with E-state index >= 15 is 0 Å². The number of hydrogen-bond donors (Lipinski definition) is 1. The van der Waals surface area contributed by atoms with Crippen LogP contribution in [-0.4, -0.2) is 37.2 Å². The number of unbranched alkanes of at least 4 members (excludes halogenated alkanes) is 5. The molecule has 0 atom stereocenters. The standard InChI is InChI=1S/C19H32N2O2/c1-3-5-6-7-8-12-15-21(19(22)20-4-2)16-17-23-18-13-10-9-11-14-18/h9-11,13-14H,3-8,12,15-17H2,1-2H3,(H,20,22). The van der Waals surface area contributed by atoms with E-state index in [1.165, 1.54) is 32.1 Å². The quantitative estimate of drug-likeness (QED) is 0.578. The molecule has 0 heterocycles. The lowest BCUT2D eigenvalue weighted by molar-refractivity contribution is 0.181. The molecule has 0 aliphatic carbocycles. The van der Waals surface area contributed by atoms with Crippen LogP contribution in [0.3, 0.4) is 0 Å². The van der Waals surface area contributed by atoms with Crippen LogP contribution in [-0.2, 0) is 0 Å². The monoisotopic (exact) mass is 320 g/mol. The van der Waals surface area contributed by atoms with Gasteiger partial charge in [0, 0.05) is 13.1 Å². The smallest absolute Gasteiger partial charge is 0.317 e. The Labute approximate surface area is 141 Å². The third-order valence-electron chi connectivity index (χ3n) is 3.77. The molecule has 4 heteroatoms. The third-order valence-corrected chi connectivity index (χ3v) is 3.77. The maximum atomic E-state index is 12.1. The van der Waals surface area contributed by atoms with E-state index in [0.29, 0.717) is 19.7 Å². The van der Waals surface area contributed by atoms with Crippen LogP contribution < -0.4 is 10.1 Å². The zero-order valence-electron chi connectivity index (χ0n) is 14.7. The van der Waals surface area contributed by atoms with Gasteiger partial charge in [-0.3, -0.25) is 0 Å². The van der Waals surface area contributed by atoms with Crippen molar-refractivity contribution in [1.82, 2.24) is 10.2 Å². The molecule has 2 amide bonds. The van der Waals surface area contributed by atoms with Crippen LogP contribution in [0.2, 0.25) is 0 Å². The van der Waals surface area contributed by atoms with E-state index in [2.05, 4.69) is 12.2 Å². The molecule has 1 rings (SSSR count). The number of carbonyl (C=O) groups excluding carboxylic acids is 1. The molecule has 0 aromatic heterocycles. The lowest BCUT2D eigenvalue weighted by Crippen LogP contribution is -2.42. The first-order chi connectivity index (χ1) is 11.3. The molecular formula is C19H32N2O2. The summed E-state index contributed by atoms with van der Waals surface area (Å²) in [4.78, 5) is 14.0. The summed E-state index contributed by atoms with van der Waals surface area (Å²) in [5, 5.41) is 2.89. The molecule has 0 aliphatic rings. The van der Waals surface area contributed by atoms with Crippen molar-refractivity contribution in [3.05, 3.63) is 30.3 Å². The van der Waals surface area contributed by atoms with Gasteiger partial charge in [-0.2, -0.15) is 0 Å². The van der Waals surface area contributed by atoms with Gasteiger partial charge < -0.3 is 15.0 Å². The number of nitrogens with zero attached hydrogens (tertiary/aromatic N) is 1. The fourth-order valence-corrected chi connectivity index (χ4v) is 2.45. The highest BCUT2D eigenvalue weighted by Crippen LogP contribution is 2.09. The Morgan fingerprint density at radius 2 is 1.70 bits per heavy atom. The van der Waals surface area contributed by atoms with E-state index in [1.54, 1.807) is 0 Å². The van der Waals surface area contributed by atoms with Gasteiger partial charge in [0.25, 0.3) is 0 Å². The van der Waals surface area contributed by atoms with Crippen LogP contribution >= 0.6 is 0 Å². The molecule has 0 radical (unpaired) electrons. The molecule has 1 N–H and O–H groups in total. The van der Waals surface area contributed by atoms with E-state index in [-0.39, 0.29) is 6.03 Å². The van der Waals surface area contributed by atoms with Crippen molar-refractivity contribution in [2.75, 3.05) is 26.2 Å². The van der Waals surface area contributed by atoms with Gasteiger partial charge >= 0.3 is 6.03 Å². The summed E-state index contributed by atoms with van der Waals surface area (Å²) in [5.41, 5.74) is 0. The van der Waals surface area contributed by atoms with Crippen molar-refractivity contribution in [2.45, 2.75) is 52.4 Å². The lowest BCUT2D eigenvalue weighted by atomic mass is 10.1. The van der Waals surface area contributed by atoms with Crippen molar-refractivity contribution in [3.8, 4) is 5.75 Å². The second-order valence-electron chi connectivity index (χ2n) is 5.75. The van der Waals surface area contributed by atoms with Crippen LogP contribution in [0.1, 0.15) is 52.4 Å². The zero-order valence-corrected chi connectivity index (χ0v) is 14.7. The molecule has 130 valence electrons. The number of para-hydroxylation sites is 1. The molecule has 0 unspecified atom stereocenters. The molecule has 0 spiro atoms. The topological polar surface area (TPSA) is 41.6 Å². The first kappa shape index (κ1) is 19.3. The van der Waals surface area contributed by atoms with Crippen molar-refractivity contribution in [3.63, 3.8) is 0 Å². The minimum atomic E-state index is 0.0118. The average molecular weight is 320 g/mol. The molecule has 0 saturated carbocycles. The number of amides is 2. The van der Waals surface area contributed by atoms with Gasteiger partial charge in [-0.05, 0) is 25.5 Å². The summed E-state index contributed by atoms with van der Waals surface area (Å²) in [6.07, 6.45) is 7.39. The summed E-state index contributed by atoms with van der Waals surface area (Å²) >= 11 is 0. The number of hydrogen-bond acceptors (Lipinski definition) is 2. The maximum Gasteiger partial charge on any atom is 0.317 e. The SMILES string of the molecule is CCCCCCCCN(CCOc1ccccc1)C(=O)NCC. The number of ether oxygens (including phenoxy) is 1. The number of urea groups is 1. The lowest BCUT2D eigenvalue weighted by Gasteiger charge is -2.23. The van der Waals surface area contributed by atoms with E-state index < -0.39 is 0 Å². The van der Waals surface area contributed by atoms with E-state index in [1.807, 2.05) is 42.2 Å². The predicted molar refractivity (Wildman–Crippen MR) is 96.0 cm³/mol. The van der Waals surface area contributed by atoms with Gasteiger partial charge in [-0.25, -0.2) is 4.79 Å². The fourth-order valence-electron chi connectivity index (χ4n) is 2.45. The molecule has 0 fully saturated rings. The Hall–Kier alpha value is -1.71. The zero-order chi connectivity index (χ0) is 16.8. The van der Waals surface area contributed by atoms with Crippen LogP contribution in [0.25, 0.3) is 0 Å². The largest absolute Gasteiger partial charge is 0.492 e. The Morgan fingerprint density at radius 3 is 2.39 bits per heavy atom. The Kier molecular flexibility index (Phi) is 10.8. The van der Waals surface area contributed by atoms with E-state index in [0.717, 1.165) is 18.7 Å². The van der Waals surface area contributed by atoms with Crippen LogP contribution in [0, 0.1) is 0 Å². The highest BCUT2D eigenvalue weighted by Gasteiger charge is 2.12. The molecule has 1 aromatic carbocycles. The molecule has 0 aliphatic heterocycles. The summed E-state index contributed by atoms with van der Waals surface area (Å²) in [6.45, 7) is 6.78. The van der Waals surface area contributed by atoms with Crippen LogP contribution in [0.5, 0.6) is 5.75 Å². The van der Waals surface area contributed by atoms with Crippen LogP contribution in [0.4, 0.5) is 4.79 Å². The first-order valence-corrected chi connectivity index (χ1v) is 8.98. The van der Waals surface area contributed by atoms with Crippen molar-refractivity contribution in [1.29, 1.82) is 0 Å². The van der Waals surface area contributed by atoms with Gasteiger partial charge in [0.2, 0.25) is 0 Å². The molecular weight excluding hydrogens is 288 g/mol. The van der Waals surface area contributed by atoms with E-state index in [4.69, 9.17) is 4.74 Å². The Balaban J connectivity index is 2.29. The minimum Gasteiger partial charge on any atom is -0.492 e. The Morgan fingerprint density at radius 1 is 1.00 bits per heavy atom. The number of carbonyl (C=O) groups is 1. The highest BCUT2D eigenvalue weighted by molar-refractivity contribution is 5.74. The summed E-state index contributed by atoms with van der Waals surface area (Å²) < 4.78 is 5.70. The first-order valence-electron chi connectivity index (χ1n) is 8.98. The number of rotatable bonds is 12. The van der Waals surface area contributed by atoms with Gasteiger partial charge in [0.1, 0.15) is 12.4 Å². The molecule has 1 aromatic rings. The highest BCUT2D eigenvalue weighted by atomic mass is 16.5. The summed E-state index contributed by atoms with van der Waals surface area (Å²) in [5.74, 6) is 0.850. The summed E-state index contributed by atoms with van der Waals surface area (Å²) in [7, 11) is 0. The maximum absolute atomic E-state index is 12.1. The predicted octanol–water partition coefficient (Wildman–Crippen LogP) is 4.46. The van der Waals surface area contributed by atoms with Crippen molar-refractivity contribution < 1.29 is 9.53 Å². The van der Waals surface area contributed by atoms with Gasteiger partial charge in [-0.1, -0.05) is 57.2 Å². The second-order valence-corrected chi connectivity index (χ2v) is 5.75. The molecule has 4 nitrogen and oxygen atoms in total.